The first-order chi connectivity index (χ1) is 11.0. The van der Waals surface area contributed by atoms with Gasteiger partial charge in [0, 0.05) is 19.0 Å². The van der Waals surface area contributed by atoms with Crippen molar-refractivity contribution in [2.45, 2.75) is 25.7 Å². The highest BCUT2D eigenvalue weighted by molar-refractivity contribution is 5.95. The van der Waals surface area contributed by atoms with Crippen LogP contribution in [0.2, 0.25) is 0 Å². The number of rotatable bonds is 2. The standard InChI is InChI=1S/C15H15F2N3O3/c1-8-2-3-10(16)11(12(8)17)14(21)20-6-4-9(5-7-20)13-18-19-15(22)23-13/h2-3,9H,4-7H2,1H3,(H,19,22). The minimum absolute atomic E-state index is 0.0924. The predicted octanol–water partition coefficient (Wildman–Crippen LogP) is 1.97. The van der Waals surface area contributed by atoms with Crippen LogP contribution in [-0.4, -0.2) is 34.1 Å². The molecule has 8 heteroatoms. The molecule has 1 aromatic heterocycles. The average molecular weight is 323 g/mol. The number of H-pyrrole nitrogens is 1. The Morgan fingerprint density at radius 3 is 2.65 bits per heavy atom. The highest BCUT2D eigenvalue weighted by Crippen LogP contribution is 2.27. The molecule has 1 aliphatic rings. The lowest BCUT2D eigenvalue weighted by Crippen LogP contribution is -2.39. The van der Waals surface area contributed by atoms with Crippen LogP contribution in [0.5, 0.6) is 0 Å². The Bertz CT molecular complexity index is 792. The average Bonchev–Trinajstić information content (AvgIpc) is 2.98. The first-order valence-corrected chi connectivity index (χ1v) is 7.26. The van der Waals surface area contributed by atoms with Crippen LogP contribution in [0, 0.1) is 18.6 Å². The first kappa shape index (κ1) is 15.4. The number of amides is 1. The predicted molar refractivity (Wildman–Crippen MR) is 76.1 cm³/mol. The van der Waals surface area contributed by atoms with E-state index in [1.165, 1.54) is 17.9 Å². The summed E-state index contributed by atoms with van der Waals surface area (Å²) in [6.45, 7) is 2.11. The largest absolute Gasteiger partial charge is 0.434 e. The molecule has 2 heterocycles. The molecule has 122 valence electrons. The van der Waals surface area contributed by atoms with Gasteiger partial charge in [0.2, 0.25) is 5.89 Å². The molecular formula is C15H15F2N3O3. The lowest BCUT2D eigenvalue weighted by atomic mass is 9.96. The third-order valence-electron chi connectivity index (χ3n) is 4.08. The lowest BCUT2D eigenvalue weighted by Gasteiger charge is -2.30. The molecule has 2 aromatic rings. The van der Waals surface area contributed by atoms with Crippen molar-refractivity contribution in [3.8, 4) is 0 Å². The van der Waals surface area contributed by atoms with Gasteiger partial charge in [0.05, 0.1) is 0 Å². The molecule has 1 fully saturated rings. The number of nitrogens with zero attached hydrogens (tertiary/aromatic N) is 2. The molecular weight excluding hydrogens is 308 g/mol. The van der Waals surface area contributed by atoms with E-state index in [-0.39, 0.29) is 11.5 Å². The first-order valence-electron chi connectivity index (χ1n) is 7.26. The van der Waals surface area contributed by atoms with E-state index in [1.807, 2.05) is 0 Å². The molecule has 6 nitrogen and oxygen atoms in total. The Morgan fingerprint density at radius 1 is 1.35 bits per heavy atom. The molecule has 1 saturated heterocycles. The highest BCUT2D eigenvalue weighted by atomic mass is 19.1. The van der Waals surface area contributed by atoms with Crippen molar-refractivity contribution in [1.29, 1.82) is 0 Å². The van der Waals surface area contributed by atoms with Crippen molar-refractivity contribution >= 4 is 5.91 Å². The summed E-state index contributed by atoms with van der Waals surface area (Å²) in [5.74, 6) is -2.76. The Labute approximate surface area is 130 Å². The molecule has 3 rings (SSSR count). The molecule has 1 N–H and O–H groups in total. The summed E-state index contributed by atoms with van der Waals surface area (Å²) < 4.78 is 32.8. The smallest absolute Gasteiger partial charge is 0.392 e. The number of benzene rings is 1. The zero-order valence-corrected chi connectivity index (χ0v) is 12.4. The monoisotopic (exact) mass is 323 g/mol. The minimum Gasteiger partial charge on any atom is -0.392 e. The Kier molecular flexibility index (Phi) is 3.97. The van der Waals surface area contributed by atoms with Gasteiger partial charge in [-0.15, -0.1) is 5.10 Å². The van der Waals surface area contributed by atoms with Gasteiger partial charge < -0.3 is 9.32 Å². The van der Waals surface area contributed by atoms with Gasteiger partial charge >= 0.3 is 5.76 Å². The molecule has 1 amide bonds. The van der Waals surface area contributed by atoms with E-state index in [9.17, 15) is 18.4 Å². The van der Waals surface area contributed by atoms with Crippen molar-refractivity contribution in [3.63, 3.8) is 0 Å². The summed E-state index contributed by atoms with van der Waals surface area (Å²) in [5, 5.41) is 5.97. The van der Waals surface area contributed by atoms with Gasteiger partial charge in [-0.2, -0.15) is 0 Å². The number of hydrogen-bond acceptors (Lipinski definition) is 4. The van der Waals surface area contributed by atoms with Crippen LogP contribution < -0.4 is 5.76 Å². The SMILES string of the molecule is Cc1ccc(F)c(C(=O)N2CCC(c3n[nH]c(=O)o3)CC2)c1F. The van der Waals surface area contributed by atoms with Crippen molar-refractivity contribution in [3.05, 3.63) is 51.3 Å². The quantitative estimate of drug-likeness (QED) is 0.916. The van der Waals surface area contributed by atoms with E-state index in [0.717, 1.165) is 6.07 Å². The second-order valence-corrected chi connectivity index (χ2v) is 5.57. The number of halogens is 2. The number of piperidine rings is 1. The summed E-state index contributed by atoms with van der Waals surface area (Å²) in [5.41, 5.74) is -0.294. The third kappa shape index (κ3) is 2.88. The maximum atomic E-state index is 14.1. The number of carbonyl (C=O) groups is 1. The van der Waals surface area contributed by atoms with Gasteiger partial charge in [-0.25, -0.2) is 18.7 Å². The van der Waals surface area contributed by atoms with Gasteiger partial charge in [0.15, 0.2) is 0 Å². The zero-order chi connectivity index (χ0) is 16.6. The van der Waals surface area contributed by atoms with Crippen LogP contribution in [0.3, 0.4) is 0 Å². The summed E-state index contributed by atoms with van der Waals surface area (Å²) in [4.78, 5) is 24.8. The molecule has 0 saturated carbocycles. The Morgan fingerprint density at radius 2 is 2.04 bits per heavy atom. The number of likely N-dealkylation sites (tertiary alicyclic amines) is 1. The highest BCUT2D eigenvalue weighted by Gasteiger charge is 2.30. The van der Waals surface area contributed by atoms with Crippen LogP contribution in [0.25, 0.3) is 0 Å². The van der Waals surface area contributed by atoms with E-state index >= 15 is 0 Å². The van der Waals surface area contributed by atoms with E-state index in [0.29, 0.717) is 31.8 Å². The number of carbonyl (C=O) groups excluding carboxylic acids is 1. The van der Waals surface area contributed by atoms with Gasteiger partial charge in [0.25, 0.3) is 5.91 Å². The number of hydrogen-bond donors (Lipinski definition) is 1. The molecule has 23 heavy (non-hydrogen) atoms. The Hall–Kier alpha value is -2.51. The van der Waals surface area contributed by atoms with Crippen molar-refractivity contribution in [2.75, 3.05) is 13.1 Å². The van der Waals surface area contributed by atoms with Crippen LogP contribution in [0.15, 0.2) is 21.3 Å². The molecule has 1 aromatic carbocycles. The maximum absolute atomic E-state index is 14.1. The van der Waals surface area contributed by atoms with Gasteiger partial charge in [0.1, 0.15) is 17.2 Å². The lowest BCUT2D eigenvalue weighted by molar-refractivity contribution is 0.0696. The fourth-order valence-corrected chi connectivity index (χ4v) is 2.76. The van der Waals surface area contributed by atoms with Crippen LogP contribution in [-0.2, 0) is 0 Å². The summed E-state index contributed by atoms with van der Waals surface area (Å²) in [7, 11) is 0. The topological polar surface area (TPSA) is 79.2 Å². The van der Waals surface area contributed by atoms with Crippen molar-refractivity contribution in [1.82, 2.24) is 15.1 Å². The van der Waals surface area contributed by atoms with E-state index in [4.69, 9.17) is 4.42 Å². The normalized spacial score (nSPS) is 15.9. The second-order valence-electron chi connectivity index (χ2n) is 5.57. The Balaban J connectivity index is 1.74. The summed E-state index contributed by atoms with van der Waals surface area (Å²) in [6, 6.07) is 2.39. The number of aromatic amines is 1. The summed E-state index contributed by atoms with van der Waals surface area (Å²) in [6.07, 6.45) is 1.02. The van der Waals surface area contributed by atoms with Crippen molar-refractivity contribution in [2.24, 2.45) is 0 Å². The second kappa shape index (κ2) is 5.94. The maximum Gasteiger partial charge on any atom is 0.434 e. The number of aromatic nitrogens is 2. The van der Waals surface area contributed by atoms with E-state index in [2.05, 4.69) is 10.2 Å². The number of nitrogens with one attached hydrogen (secondary N) is 1. The molecule has 0 radical (unpaired) electrons. The van der Waals surface area contributed by atoms with Crippen LogP contribution in [0.4, 0.5) is 8.78 Å². The van der Waals surface area contributed by atoms with Crippen molar-refractivity contribution < 1.29 is 18.0 Å². The summed E-state index contributed by atoms with van der Waals surface area (Å²) >= 11 is 0. The fraction of sp³-hybridized carbons (Fsp3) is 0.400. The molecule has 0 spiro atoms. The fourth-order valence-electron chi connectivity index (χ4n) is 2.76. The minimum atomic E-state index is -0.862. The zero-order valence-electron chi connectivity index (χ0n) is 12.4. The molecule has 0 bridgehead atoms. The van der Waals surface area contributed by atoms with Gasteiger partial charge in [-0.05, 0) is 31.4 Å². The molecule has 0 atom stereocenters. The van der Waals surface area contributed by atoms with Gasteiger partial charge in [-0.1, -0.05) is 6.07 Å². The van der Waals surface area contributed by atoms with E-state index < -0.39 is 28.9 Å². The van der Waals surface area contributed by atoms with Crippen LogP contribution in [0.1, 0.15) is 40.6 Å². The molecule has 0 unspecified atom stereocenters. The third-order valence-corrected chi connectivity index (χ3v) is 4.08. The number of aryl methyl sites for hydroxylation is 1. The van der Waals surface area contributed by atoms with E-state index in [1.54, 1.807) is 0 Å². The van der Waals surface area contributed by atoms with Gasteiger partial charge in [-0.3, -0.25) is 4.79 Å². The van der Waals surface area contributed by atoms with Crippen LogP contribution >= 0.6 is 0 Å². The molecule has 1 aliphatic heterocycles. The molecule has 0 aliphatic carbocycles.